The summed E-state index contributed by atoms with van der Waals surface area (Å²) < 4.78 is 8.19. The highest BCUT2D eigenvalue weighted by Gasteiger charge is 2.10. The van der Waals surface area contributed by atoms with Crippen LogP contribution in [0.2, 0.25) is 5.02 Å². The van der Waals surface area contributed by atoms with Gasteiger partial charge in [-0.2, -0.15) is 4.57 Å². The molecule has 0 aliphatic heterocycles. The summed E-state index contributed by atoms with van der Waals surface area (Å²) in [4.78, 5) is 12.7. The van der Waals surface area contributed by atoms with Crippen LogP contribution >= 0.6 is 22.9 Å². The van der Waals surface area contributed by atoms with Crippen molar-refractivity contribution in [2.45, 2.75) is 104 Å². The zero-order chi connectivity index (χ0) is 27.7. The maximum atomic E-state index is 12.7. The quantitative estimate of drug-likeness (QED) is 0.115. The molecular weight excluding hydrogens is 524 g/mol. The van der Waals surface area contributed by atoms with Crippen molar-refractivity contribution in [2.24, 2.45) is 0 Å². The maximum absolute atomic E-state index is 12.7. The Hall–Kier alpha value is -2.37. The van der Waals surface area contributed by atoms with E-state index in [1.807, 2.05) is 30.3 Å². The molecule has 6 heteroatoms. The Morgan fingerprint density at radius 2 is 1.49 bits per heavy atom. The van der Waals surface area contributed by atoms with Gasteiger partial charge in [-0.3, -0.25) is 4.79 Å². The number of hydrogen-bond acceptors (Lipinski definition) is 3. The number of benzene rings is 2. The van der Waals surface area contributed by atoms with Gasteiger partial charge < -0.3 is 10.1 Å². The standard InChI is InChI=1S/C33H45ClN2O2S/c1-3-4-5-6-7-8-9-10-11-12-13-14-22-38-32-24-29(17-20-31(32)34)25-33(37)35-30-18-15-28(16-19-30)26-36-21-23-39-27(36)2/h15-21,23-24H,3-14,22,25-26H2,1-2H3/p+1. The van der Waals surface area contributed by atoms with Gasteiger partial charge in [0.1, 0.15) is 5.75 Å². The molecule has 0 radical (unpaired) electrons. The number of carbonyl (C=O) groups excluding carboxylic acids is 1. The number of rotatable bonds is 19. The second-order valence-electron chi connectivity index (χ2n) is 10.5. The van der Waals surface area contributed by atoms with Crippen molar-refractivity contribution in [3.63, 3.8) is 0 Å². The summed E-state index contributed by atoms with van der Waals surface area (Å²) in [7, 11) is 0. The molecule has 3 rings (SSSR count). The molecule has 1 aromatic heterocycles. The lowest BCUT2D eigenvalue weighted by Gasteiger charge is -2.11. The number of nitrogens with zero attached hydrogens (tertiary/aromatic N) is 1. The molecule has 1 amide bonds. The van der Waals surface area contributed by atoms with Gasteiger partial charge in [-0.1, -0.05) is 119 Å². The average Bonchev–Trinajstić information content (AvgIpc) is 3.33. The summed E-state index contributed by atoms with van der Waals surface area (Å²) in [5.74, 6) is 0.607. The summed E-state index contributed by atoms with van der Waals surface area (Å²) in [5.41, 5.74) is 2.89. The van der Waals surface area contributed by atoms with Gasteiger partial charge in [-0.05, 0) is 36.2 Å². The second kappa shape index (κ2) is 18.1. The van der Waals surface area contributed by atoms with Gasteiger partial charge in [0.05, 0.1) is 23.4 Å². The fraction of sp³-hybridized carbons (Fsp3) is 0.515. The van der Waals surface area contributed by atoms with Crippen molar-refractivity contribution in [3.05, 3.63) is 75.2 Å². The zero-order valence-electron chi connectivity index (χ0n) is 23.9. The molecule has 0 saturated carbocycles. The highest BCUT2D eigenvalue weighted by atomic mass is 35.5. The van der Waals surface area contributed by atoms with Gasteiger partial charge in [-0.25, -0.2) is 0 Å². The van der Waals surface area contributed by atoms with E-state index in [9.17, 15) is 4.79 Å². The molecule has 0 atom stereocenters. The second-order valence-corrected chi connectivity index (χ2v) is 12.0. The minimum atomic E-state index is -0.0555. The van der Waals surface area contributed by atoms with E-state index in [4.69, 9.17) is 16.3 Å². The van der Waals surface area contributed by atoms with Gasteiger partial charge >= 0.3 is 0 Å². The van der Waals surface area contributed by atoms with E-state index in [2.05, 4.69) is 47.4 Å². The number of aromatic nitrogens is 1. The van der Waals surface area contributed by atoms with Gasteiger partial charge in [-0.15, -0.1) is 0 Å². The molecule has 0 bridgehead atoms. The van der Waals surface area contributed by atoms with Gasteiger partial charge in [0.15, 0.2) is 12.7 Å². The number of anilines is 1. The smallest absolute Gasteiger partial charge is 0.234 e. The van der Waals surface area contributed by atoms with E-state index in [0.29, 0.717) is 17.4 Å². The van der Waals surface area contributed by atoms with Gasteiger partial charge in [0.25, 0.3) is 0 Å². The molecule has 0 fully saturated rings. The van der Waals surface area contributed by atoms with E-state index >= 15 is 0 Å². The summed E-state index contributed by atoms with van der Waals surface area (Å²) in [6, 6.07) is 13.6. The van der Waals surface area contributed by atoms with Crippen LogP contribution < -0.4 is 14.6 Å². The molecule has 3 aromatic rings. The highest BCUT2D eigenvalue weighted by molar-refractivity contribution is 7.09. The third kappa shape index (κ3) is 12.1. The number of nitrogens with one attached hydrogen (secondary N) is 1. The number of amides is 1. The summed E-state index contributed by atoms with van der Waals surface area (Å²) in [5, 5.41) is 6.96. The fourth-order valence-electron chi connectivity index (χ4n) is 4.71. The lowest BCUT2D eigenvalue weighted by atomic mass is 10.1. The van der Waals surface area contributed by atoms with Crippen molar-refractivity contribution in [1.82, 2.24) is 0 Å². The van der Waals surface area contributed by atoms with Crippen molar-refractivity contribution in [3.8, 4) is 5.75 Å². The van der Waals surface area contributed by atoms with Crippen LogP contribution in [-0.2, 0) is 17.8 Å². The van der Waals surface area contributed by atoms with Crippen molar-refractivity contribution >= 4 is 34.5 Å². The largest absolute Gasteiger partial charge is 0.492 e. The summed E-state index contributed by atoms with van der Waals surface area (Å²) >= 11 is 8.10. The molecule has 39 heavy (non-hydrogen) atoms. The Labute approximate surface area is 244 Å². The van der Waals surface area contributed by atoms with Crippen LogP contribution in [0.4, 0.5) is 5.69 Å². The molecule has 0 aliphatic carbocycles. The van der Waals surface area contributed by atoms with Gasteiger partial charge in [0, 0.05) is 18.2 Å². The van der Waals surface area contributed by atoms with E-state index in [1.165, 1.54) is 81.2 Å². The molecule has 0 unspecified atom stereocenters. The minimum Gasteiger partial charge on any atom is -0.492 e. The number of aryl methyl sites for hydroxylation is 1. The summed E-state index contributed by atoms with van der Waals surface area (Å²) in [6.45, 7) is 5.87. The third-order valence-corrected chi connectivity index (χ3v) is 8.24. The number of carbonyl (C=O) groups is 1. The molecule has 0 aliphatic rings. The number of halogens is 1. The minimum absolute atomic E-state index is 0.0555. The molecule has 4 nitrogen and oxygen atoms in total. The van der Waals surface area contributed by atoms with Crippen molar-refractivity contribution < 1.29 is 14.1 Å². The lowest BCUT2D eigenvalue weighted by molar-refractivity contribution is -0.689. The van der Waals surface area contributed by atoms with E-state index in [-0.39, 0.29) is 12.3 Å². The molecule has 2 aromatic carbocycles. The third-order valence-electron chi connectivity index (χ3n) is 7.09. The topological polar surface area (TPSA) is 42.2 Å². The van der Waals surface area contributed by atoms with Crippen LogP contribution in [0.15, 0.2) is 54.0 Å². The number of hydrogen-bond donors (Lipinski definition) is 1. The first-order chi connectivity index (χ1) is 19.0. The maximum Gasteiger partial charge on any atom is 0.234 e. The Balaban J connectivity index is 1.31. The van der Waals surface area contributed by atoms with E-state index in [0.717, 1.165) is 24.2 Å². The Morgan fingerprint density at radius 1 is 0.872 bits per heavy atom. The first kappa shape index (κ1) is 31.2. The van der Waals surface area contributed by atoms with Crippen molar-refractivity contribution in [2.75, 3.05) is 11.9 Å². The fourth-order valence-corrected chi connectivity index (χ4v) is 5.55. The van der Waals surface area contributed by atoms with E-state index in [1.54, 1.807) is 11.3 Å². The van der Waals surface area contributed by atoms with Gasteiger partial charge in [0.2, 0.25) is 10.9 Å². The van der Waals surface area contributed by atoms with Crippen LogP contribution in [-0.4, -0.2) is 12.5 Å². The first-order valence-electron chi connectivity index (χ1n) is 14.8. The Morgan fingerprint density at radius 3 is 2.10 bits per heavy atom. The normalized spacial score (nSPS) is 11.1. The van der Waals surface area contributed by atoms with Crippen LogP contribution in [0, 0.1) is 6.92 Å². The van der Waals surface area contributed by atoms with Crippen LogP contribution in [0.5, 0.6) is 5.75 Å². The highest BCUT2D eigenvalue weighted by Crippen LogP contribution is 2.26. The lowest BCUT2D eigenvalue weighted by Crippen LogP contribution is -2.34. The SMILES string of the molecule is CCCCCCCCCCCCCCOc1cc(CC(=O)Nc2ccc(C[n+]3ccsc3C)cc2)ccc1Cl. The molecule has 1 N–H and O–H groups in total. The van der Waals surface area contributed by atoms with Crippen LogP contribution in [0.3, 0.4) is 0 Å². The Bertz CT molecular complexity index is 1110. The number of unbranched alkanes of at least 4 members (excludes halogenated alkanes) is 11. The zero-order valence-corrected chi connectivity index (χ0v) is 25.4. The average molecular weight is 570 g/mol. The predicted octanol–water partition coefficient (Wildman–Crippen LogP) is 9.31. The molecular formula is C33H46ClN2O2S+. The monoisotopic (exact) mass is 569 g/mol. The molecule has 1 heterocycles. The first-order valence-corrected chi connectivity index (χ1v) is 16.0. The molecule has 0 spiro atoms. The number of thiazole rings is 1. The van der Waals surface area contributed by atoms with Crippen LogP contribution in [0.1, 0.15) is 100 Å². The predicted molar refractivity (Wildman–Crippen MR) is 165 cm³/mol. The van der Waals surface area contributed by atoms with Crippen molar-refractivity contribution in [1.29, 1.82) is 0 Å². The Kier molecular flexibility index (Phi) is 14.4. The van der Waals surface area contributed by atoms with Crippen LogP contribution in [0.25, 0.3) is 0 Å². The number of ether oxygens (including phenoxy) is 1. The summed E-state index contributed by atoms with van der Waals surface area (Å²) in [6.07, 6.45) is 18.2. The molecule has 0 saturated heterocycles. The van der Waals surface area contributed by atoms with E-state index < -0.39 is 0 Å². The molecule has 212 valence electrons.